The van der Waals surface area contributed by atoms with E-state index in [2.05, 4.69) is 10.4 Å². The molecule has 0 bridgehead atoms. The summed E-state index contributed by atoms with van der Waals surface area (Å²) in [5.74, 6) is 0.819. The van der Waals surface area contributed by atoms with E-state index in [1.165, 1.54) is 10.9 Å². The number of rotatable bonds is 4. The van der Waals surface area contributed by atoms with Crippen LogP contribution in [0.5, 0.6) is 5.75 Å². The summed E-state index contributed by atoms with van der Waals surface area (Å²) in [6, 6.07) is 7.14. The third-order valence-corrected chi connectivity index (χ3v) is 2.65. The molecule has 0 atom stereocenters. The van der Waals surface area contributed by atoms with Crippen LogP contribution in [0.3, 0.4) is 0 Å². The molecule has 0 aliphatic carbocycles. The zero-order chi connectivity index (χ0) is 13.8. The highest BCUT2D eigenvalue weighted by molar-refractivity contribution is 6.07. The number of hydrogen-bond donors (Lipinski definition) is 2. The number of ether oxygens (including phenoxy) is 1. The fourth-order valence-corrected chi connectivity index (χ4v) is 1.62. The molecule has 0 saturated carbocycles. The van der Waals surface area contributed by atoms with Gasteiger partial charge in [0.1, 0.15) is 17.1 Å². The first-order valence-electron chi connectivity index (χ1n) is 5.93. The molecule has 0 aliphatic rings. The molecule has 0 unspecified atom stereocenters. The van der Waals surface area contributed by atoms with Gasteiger partial charge in [-0.2, -0.15) is 5.10 Å². The molecular formula is C13H16N4O2. The van der Waals surface area contributed by atoms with Crippen molar-refractivity contribution in [2.45, 2.75) is 6.92 Å². The summed E-state index contributed by atoms with van der Waals surface area (Å²) in [4.78, 5) is 12.0. The van der Waals surface area contributed by atoms with Crippen molar-refractivity contribution < 1.29 is 9.53 Å². The number of anilines is 2. The maximum Gasteiger partial charge on any atom is 0.261 e. The summed E-state index contributed by atoms with van der Waals surface area (Å²) in [5.41, 5.74) is 6.78. The number of carbonyl (C=O) groups excluding carboxylic acids is 1. The molecule has 0 fully saturated rings. The van der Waals surface area contributed by atoms with E-state index in [4.69, 9.17) is 10.5 Å². The number of amides is 1. The molecule has 6 heteroatoms. The number of aromatic nitrogens is 2. The molecule has 1 amide bonds. The number of nitrogen functional groups attached to an aromatic ring is 1. The number of benzene rings is 1. The molecule has 100 valence electrons. The van der Waals surface area contributed by atoms with Gasteiger partial charge in [-0.25, -0.2) is 0 Å². The molecule has 0 radical (unpaired) electrons. The Morgan fingerprint density at radius 1 is 1.42 bits per heavy atom. The van der Waals surface area contributed by atoms with Crippen LogP contribution in [0.15, 0.2) is 30.5 Å². The Bertz CT molecular complexity index is 575. The molecule has 19 heavy (non-hydrogen) atoms. The van der Waals surface area contributed by atoms with Crippen molar-refractivity contribution >= 4 is 17.4 Å². The Morgan fingerprint density at radius 3 is 2.63 bits per heavy atom. The minimum Gasteiger partial charge on any atom is -0.494 e. The Labute approximate surface area is 111 Å². The van der Waals surface area contributed by atoms with E-state index in [0.29, 0.717) is 23.7 Å². The zero-order valence-corrected chi connectivity index (χ0v) is 10.9. The second-order valence-corrected chi connectivity index (χ2v) is 3.98. The first-order valence-corrected chi connectivity index (χ1v) is 5.93. The molecule has 3 N–H and O–H groups in total. The first-order chi connectivity index (χ1) is 9.11. The first kappa shape index (κ1) is 12.9. The predicted molar refractivity (Wildman–Crippen MR) is 73.2 cm³/mol. The van der Waals surface area contributed by atoms with E-state index in [1.54, 1.807) is 31.3 Å². The monoisotopic (exact) mass is 260 g/mol. The summed E-state index contributed by atoms with van der Waals surface area (Å²) in [7, 11) is 1.68. The van der Waals surface area contributed by atoms with Gasteiger partial charge in [0.25, 0.3) is 5.91 Å². The van der Waals surface area contributed by atoms with Crippen LogP contribution in [0.1, 0.15) is 17.3 Å². The number of nitrogens with two attached hydrogens (primary N) is 1. The Kier molecular flexibility index (Phi) is 3.70. The number of carbonyl (C=O) groups is 1. The Morgan fingerprint density at radius 2 is 2.11 bits per heavy atom. The third kappa shape index (κ3) is 2.85. The Balaban J connectivity index is 2.08. The van der Waals surface area contributed by atoms with Crippen molar-refractivity contribution in [3.63, 3.8) is 0 Å². The van der Waals surface area contributed by atoms with Gasteiger partial charge >= 0.3 is 0 Å². The zero-order valence-electron chi connectivity index (χ0n) is 10.9. The van der Waals surface area contributed by atoms with Crippen molar-refractivity contribution in [1.29, 1.82) is 0 Å². The van der Waals surface area contributed by atoms with Crippen LogP contribution in [-0.2, 0) is 7.05 Å². The lowest BCUT2D eigenvalue weighted by atomic mass is 10.2. The average molecular weight is 260 g/mol. The van der Waals surface area contributed by atoms with Gasteiger partial charge in [0.05, 0.1) is 12.8 Å². The van der Waals surface area contributed by atoms with Gasteiger partial charge < -0.3 is 15.8 Å². The quantitative estimate of drug-likeness (QED) is 0.875. The number of nitrogens with one attached hydrogen (secondary N) is 1. The maximum absolute atomic E-state index is 12.0. The van der Waals surface area contributed by atoms with Crippen molar-refractivity contribution in [2.75, 3.05) is 17.7 Å². The maximum atomic E-state index is 12.0. The molecule has 1 aromatic carbocycles. The van der Waals surface area contributed by atoms with Gasteiger partial charge in [0.2, 0.25) is 0 Å². The lowest BCUT2D eigenvalue weighted by Gasteiger charge is -2.06. The number of hydrogen-bond acceptors (Lipinski definition) is 4. The molecule has 1 aromatic heterocycles. The smallest absolute Gasteiger partial charge is 0.261 e. The van der Waals surface area contributed by atoms with Gasteiger partial charge in [0, 0.05) is 12.7 Å². The van der Waals surface area contributed by atoms with E-state index in [1.807, 2.05) is 6.92 Å². The molecule has 0 saturated heterocycles. The summed E-state index contributed by atoms with van der Waals surface area (Å²) in [5, 5.41) is 6.68. The van der Waals surface area contributed by atoms with Crippen molar-refractivity contribution in [3.8, 4) is 5.75 Å². The van der Waals surface area contributed by atoms with Crippen LogP contribution >= 0.6 is 0 Å². The van der Waals surface area contributed by atoms with Crippen molar-refractivity contribution in [1.82, 2.24) is 9.78 Å². The highest BCUT2D eigenvalue weighted by atomic mass is 16.5. The number of nitrogens with zero attached hydrogens (tertiary/aromatic N) is 2. The van der Waals surface area contributed by atoms with E-state index in [-0.39, 0.29) is 5.91 Å². The van der Waals surface area contributed by atoms with Crippen LogP contribution in [0.2, 0.25) is 0 Å². The summed E-state index contributed by atoms with van der Waals surface area (Å²) in [6.07, 6.45) is 1.44. The topological polar surface area (TPSA) is 82.2 Å². The molecule has 1 heterocycles. The third-order valence-electron chi connectivity index (χ3n) is 2.65. The van der Waals surface area contributed by atoms with Crippen LogP contribution in [0, 0.1) is 0 Å². The molecule has 6 nitrogen and oxygen atoms in total. The fourth-order valence-electron chi connectivity index (χ4n) is 1.62. The van der Waals surface area contributed by atoms with E-state index >= 15 is 0 Å². The predicted octanol–water partition coefficient (Wildman–Crippen LogP) is 1.65. The highest BCUT2D eigenvalue weighted by Crippen LogP contribution is 2.17. The van der Waals surface area contributed by atoms with Crippen molar-refractivity contribution in [3.05, 3.63) is 36.0 Å². The molecule has 0 spiro atoms. The van der Waals surface area contributed by atoms with Gasteiger partial charge in [0.15, 0.2) is 0 Å². The van der Waals surface area contributed by atoms with E-state index in [0.717, 1.165) is 5.75 Å². The van der Waals surface area contributed by atoms with Crippen LogP contribution in [0.4, 0.5) is 11.5 Å². The molecule has 2 aromatic rings. The minimum absolute atomic E-state index is 0.283. The highest BCUT2D eigenvalue weighted by Gasteiger charge is 2.13. The molecule has 2 rings (SSSR count). The molecular weight excluding hydrogens is 244 g/mol. The van der Waals surface area contributed by atoms with Gasteiger partial charge in [-0.3, -0.25) is 9.48 Å². The van der Waals surface area contributed by atoms with Gasteiger partial charge in [-0.05, 0) is 31.2 Å². The largest absolute Gasteiger partial charge is 0.494 e. The van der Waals surface area contributed by atoms with E-state index < -0.39 is 0 Å². The van der Waals surface area contributed by atoms with Crippen LogP contribution in [0.25, 0.3) is 0 Å². The standard InChI is InChI=1S/C13H16N4O2/c1-3-19-10-6-4-9(5-7-10)16-13(18)11-8-15-17(2)12(11)14/h4-8H,3,14H2,1-2H3,(H,16,18). The van der Waals surface area contributed by atoms with Gasteiger partial charge in [-0.15, -0.1) is 0 Å². The second kappa shape index (κ2) is 5.43. The summed E-state index contributed by atoms with van der Waals surface area (Å²) in [6.45, 7) is 2.53. The lowest BCUT2D eigenvalue weighted by molar-refractivity contribution is 0.102. The minimum atomic E-state index is -0.283. The van der Waals surface area contributed by atoms with Crippen LogP contribution in [-0.4, -0.2) is 22.3 Å². The van der Waals surface area contributed by atoms with Gasteiger partial charge in [-0.1, -0.05) is 0 Å². The fraction of sp³-hybridized carbons (Fsp3) is 0.231. The summed E-state index contributed by atoms with van der Waals surface area (Å²) >= 11 is 0. The SMILES string of the molecule is CCOc1ccc(NC(=O)c2cnn(C)c2N)cc1. The normalized spacial score (nSPS) is 10.2. The number of aryl methyl sites for hydroxylation is 1. The van der Waals surface area contributed by atoms with E-state index in [9.17, 15) is 4.79 Å². The Hall–Kier alpha value is -2.50. The van der Waals surface area contributed by atoms with Crippen LogP contribution < -0.4 is 15.8 Å². The van der Waals surface area contributed by atoms with Crippen molar-refractivity contribution in [2.24, 2.45) is 7.05 Å². The second-order valence-electron chi connectivity index (χ2n) is 3.98. The average Bonchev–Trinajstić information content (AvgIpc) is 2.73. The lowest BCUT2D eigenvalue weighted by Crippen LogP contribution is -2.13. The summed E-state index contributed by atoms with van der Waals surface area (Å²) < 4.78 is 6.78. The molecule has 0 aliphatic heterocycles.